The summed E-state index contributed by atoms with van der Waals surface area (Å²) in [5.74, 6) is 0.163. The highest BCUT2D eigenvalue weighted by Crippen LogP contribution is 2.20. The number of methoxy groups -OCH3 is 1. The average molecular weight is 375 g/mol. The van der Waals surface area contributed by atoms with Crippen molar-refractivity contribution in [1.29, 1.82) is 0 Å². The van der Waals surface area contributed by atoms with E-state index in [-0.39, 0.29) is 6.54 Å². The van der Waals surface area contributed by atoms with Gasteiger partial charge in [0.2, 0.25) is 0 Å². The van der Waals surface area contributed by atoms with Crippen LogP contribution in [0.15, 0.2) is 24.3 Å². The van der Waals surface area contributed by atoms with Crippen LogP contribution in [-0.4, -0.2) is 64.5 Å². The Bertz CT molecular complexity index is 631. The molecule has 0 aliphatic carbocycles. The number of alkyl halides is 3. The molecule has 1 aromatic rings. The third kappa shape index (κ3) is 6.43. The smallest absolute Gasteiger partial charge is 0.405 e. The molecule has 3 N–H and O–H groups in total. The summed E-state index contributed by atoms with van der Waals surface area (Å²) in [4.78, 5) is 26.2. The van der Waals surface area contributed by atoms with Crippen LogP contribution in [0, 0.1) is 0 Å². The number of quaternary nitrogens is 1. The molecule has 0 unspecified atom stereocenters. The van der Waals surface area contributed by atoms with Gasteiger partial charge in [0.1, 0.15) is 12.3 Å². The van der Waals surface area contributed by atoms with Crippen LogP contribution < -0.4 is 25.2 Å². The van der Waals surface area contributed by atoms with Gasteiger partial charge in [0.15, 0.2) is 6.54 Å². The molecule has 1 saturated heterocycles. The lowest BCUT2D eigenvalue weighted by molar-refractivity contribution is -0.892. The number of hydrogen-bond donors (Lipinski definition) is 3. The molecule has 1 aliphatic heterocycles. The van der Waals surface area contributed by atoms with Crippen LogP contribution in [0.25, 0.3) is 0 Å². The number of urea groups is 1. The summed E-state index contributed by atoms with van der Waals surface area (Å²) in [6, 6.07) is 6.54. The fourth-order valence-corrected chi connectivity index (χ4v) is 2.69. The minimum absolute atomic E-state index is 0.0331. The highest BCUT2D eigenvalue weighted by molar-refractivity contribution is 5.94. The topological polar surface area (TPSA) is 75.1 Å². The number of ether oxygens (including phenoxy) is 1. The second-order valence-corrected chi connectivity index (χ2v) is 5.96. The largest absolute Gasteiger partial charge is 0.497 e. The molecular weight excluding hydrogens is 353 g/mol. The number of rotatable bonds is 5. The number of carbonyl (C=O) groups excluding carboxylic acids is 2. The maximum Gasteiger partial charge on any atom is 0.405 e. The summed E-state index contributed by atoms with van der Waals surface area (Å²) in [6.07, 6.45) is -4.51. The number of anilines is 1. The monoisotopic (exact) mass is 375 g/mol. The van der Waals surface area contributed by atoms with Crippen LogP contribution in [0.2, 0.25) is 0 Å². The Morgan fingerprint density at radius 1 is 1.27 bits per heavy atom. The van der Waals surface area contributed by atoms with Gasteiger partial charge >= 0.3 is 12.2 Å². The summed E-state index contributed by atoms with van der Waals surface area (Å²) in [5.41, 5.74) is 1.03. The maximum atomic E-state index is 12.0. The number of nitrogens with zero attached hydrogens (tertiary/aromatic N) is 1. The van der Waals surface area contributed by atoms with Gasteiger partial charge in [-0.25, -0.2) is 4.79 Å². The molecule has 0 spiro atoms. The third-order valence-electron chi connectivity index (χ3n) is 4.00. The number of piperazine rings is 1. The van der Waals surface area contributed by atoms with Crippen molar-refractivity contribution in [2.45, 2.75) is 6.18 Å². The zero-order valence-corrected chi connectivity index (χ0v) is 14.4. The first-order valence-electron chi connectivity index (χ1n) is 8.14. The van der Waals surface area contributed by atoms with Crippen molar-refractivity contribution in [3.8, 4) is 5.75 Å². The Morgan fingerprint density at radius 2 is 1.96 bits per heavy atom. The van der Waals surface area contributed by atoms with Crippen LogP contribution in [0.5, 0.6) is 5.75 Å². The normalized spacial score (nSPS) is 15.5. The third-order valence-corrected chi connectivity index (χ3v) is 4.00. The van der Waals surface area contributed by atoms with Gasteiger partial charge in [-0.2, -0.15) is 13.2 Å². The molecule has 7 nitrogen and oxygen atoms in total. The van der Waals surface area contributed by atoms with Gasteiger partial charge in [-0.1, -0.05) is 6.07 Å². The van der Waals surface area contributed by atoms with Crippen molar-refractivity contribution in [3.05, 3.63) is 24.3 Å². The van der Waals surface area contributed by atoms with Crippen molar-refractivity contribution < 1.29 is 32.4 Å². The number of halogens is 3. The number of benzene rings is 1. The summed E-state index contributed by atoms with van der Waals surface area (Å²) in [6.45, 7) is 1.35. The van der Waals surface area contributed by atoms with E-state index in [4.69, 9.17) is 4.74 Å². The molecule has 2 rings (SSSR count). The molecule has 1 aliphatic rings. The van der Waals surface area contributed by atoms with E-state index in [0.717, 1.165) is 29.4 Å². The summed E-state index contributed by atoms with van der Waals surface area (Å²) in [5, 5.41) is 3.52. The number of imide groups is 1. The van der Waals surface area contributed by atoms with Crippen molar-refractivity contribution in [2.75, 3.05) is 51.3 Å². The van der Waals surface area contributed by atoms with Crippen molar-refractivity contribution in [1.82, 2.24) is 10.6 Å². The predicted octanol–water partition coefficient (Wildman–Crippen LogP) is -0.212. The van der Waals surface area contributed by atoms with E-state index in [1.165, 1.54) is 0 Å². The fourth-order valence-electron chi connectivity index (χ4n) is 2.69. The molecular formula is C16H22F3N4O3+. The first kappa shape index (κ1) is 19.8. The molecule has 10 heteroatoms. The molecule has 0 atom stereocenters. The molecule has 144 valence electrons. The summed E-state index contributed by atoms with van der Waals surface area (Å²) in [7, 11) is 1.60. The Morgan fingerprint density at radius 3 is 2.58 bits per heavy atom. The van der Waals surface area contributed by atoms with E-state index in [1.807, 2.05) is 29.6 Å². The van der Waals surface area contributed by atoms with E-state index in [2.05, 4.69) is 4.90 Å². The predicted molar refractivity (Wildman–Crippen MR) is 88.4 cm³/mol. The van der Waals surface area contributed by atoms with Crippen molar-refractivity contribution >= 4 is 17.6 Å². The van der Waals surface area contributed by atoms with Crippen LogP contribution in [0.3, 0.4) is 0 Å². The Labute approximate surface area is 149 Å². The molecule has 0 aromatic heterocycles. The van der Waals surface area contributed by atoms with Crippen LogP contribution in [-0.2, 0) is 4.79 Å². The summed E-state index contributed by atoms with van der Waals surface area (Å²) >= 11 is 0. The van der Waals surface area contributed by atoms with E-state index < -0.39 is 24.7 Å². The molecule has 0 bridgehead atoms. The minimum Gasteiger partial charge on any atom is -0.497 e. The lowest BCUT2D eigenvalue weighted by atomic mass is 10.2. The summed E-state index contributed by atoms with van der Waals surface area (Å²) < 4.78 is 41.2. The van der Waals surface area contributed by atoms with E-state index >= 15 is 0 Å². The first-order valence-corrected chi connectivity index (χ1v) is 8.14. The van der Waals surface area contributed by atoms with Crippen molar-refractivity contribution in [3.63, 3.8) is 0 Å². The molecule has 3 amide bonds. The Balaban J connectivity index is 1.74. The van der Waals surface area contributed by atoms with Gasteiger partial charge < -0.3 is 19.9 Å². The number of nitrogens with one attached hydrogen (secondary N) is 3. The Kier molecular flexibility index (Phi) is 6.67. The second kappa shape index (κ2) is 8.75. The average Bonchev–Trinajstić information content (AvgIpc) is 2.60. The van der Waals surface area contributed by atoms with Gasteiger partial charge in [-0.05, 0) is 12.1 Å². The van der Waals surface area contributed by atoms with Crippen LogP contribution in [0.1, 0.15) is 0 Å². The van der Waals surface area contributed by atoms with Crippen LogP contribution >= 0.6 is 0 Å². The molecule has 26 heavy (non-hydrogen) atoms. The molecule has 1 fully saturated rings. The fraction of sp³-hybridized carbons (Fsp3) is 0.500. The van der Waals surface area contributed by atoms with Gasteiger partial charge in [0.25, 0.3) is 5.91 Å². The lowest BCUT2D eigenvalue weighted by Crippen LogP contribution is -3.16. The van der Waals surface area contributed by atoms with Gasteiger partial charge in [0.05, 0.1) is 33.3 Å². The lowest BCUT2D eigenvalue weighted by Gasteiger charge is -2.33. The second-order valence-electron chi connectivity index (χ2n) is 5.96. The van der Waals surface area contributed by atoms with E-state index in [9.17, 15) is 22.8 Å². The standard InChI is InChI=1S/C16H21F3N4O3/c1-26-13-4-2-3-12(9-13)23-7-5-22(6-8-23)10-14(24)21-15(25)20-11-16(17,18)19/h2-4,9H,5-8,10-11H2,1H3,(H2,20,21,24,25)/p+1. The van der Waals surface area contributed by atoms with Gasteiger partial charge in [0, 0.05) is 11.8 Å². The first-order chi connectivity index (χ1) is 12.3. The number of amides is 3. The SMILES string of the molecule is COc1cccc(N2CC[NH+](CC(=O)NC(=O)NCC(F)(F)F)CC2)c1. The zero-order valence-electron chi connectivity index (χ0n) is 14.4. The van der Waals surface area contributed by atoms with Gasteiger partial charge in [-0.15, -0.1) is 0 Å². The Hall–Kier alpha value is -2.49. The van der Waals surface area contributed by atoms with E-state index in [1.54, 1.807) is 12.4 Å². The highest BCUT2D eigenvalue weighted by atomic mass is 19.4. The molecule has 1 aromatic carbocycles. The van der Waals surface area contributed by atoms with Crippen LogP contribution in [0.4, 0.5) is 23.7 Å². The minimum atomic E-state index is -4.51. The molecule has 1 heterocycles. The van der Waals surface area contributed by atoms with E-state index in [0.29, 0.717) is 13.1 Å². The van der Waals surface area contributed by atoms with Gasteiger partial charge in [-0.3, -0.25) is 10.1 Å². The molecule has 0 saturated carbocycles. The molecule has 0 radical (unpaired) electrons. The number of carbonyl (C=O) groups is 2. The van der Waals surface area contributed by atoms with Crippen molar-refractivity contribution in [2.24, 2.45) is 0 Å². The highest BCUT2D eigenvalue weighted by Gasteiger charge is 2.28. The quantitative estimate of drug-likeness (QED) is 0.666. The maximum absolute atomic E-state index is 12.0. The number of hydrogen-bond acceptors (Lipinski definition) is 4. The zero-order chi connectivity index (χ0) is 19.2.